The molecule has 0 spiro atoms. The number of hydrogen-bond donors (Lipinski definition) is 1. The Labute approximate surface area is 204 Å². The Bertz CT molecular complexity index is 1130. The normalized spacial score (nSPS) is 20.4. The predicted molar refractivity (Wildman–Crippen MR) is 131 cm³/mol. The van der Waals surface area contributed by atoms with E-state index in [0.717, 1.165) is 16.2 Å². The molecule has 1 N–H and O–H groups in total. The lowest BCUT2D eigenvalue weighted by molar-refractivity contribution is -0.137. The first kappa shape index (κ1) is 26.0. The van der Waals surface area contributed by atoms with Crippen LogP contribution in [0, 0.1) is 0 Å². The van der Waals surface area contributed by atoms with Gasteiger partial charge in [-0.1, -0.05) is 0 Å². The molecule has 1 atom stereocenters. The van der Waals surface area contributed by atoms with E-state index in [0.29, 0.717) is 11.5 Å². The van der Waals surface area contributed by atoms with E-state index in [2.05, 4.69) is 0 Å². The van der Waals surface area contributed by atoms with Crippen LogP contribution in [0.15, 0.2) is 36.4 Å². The zero-order valence-electron chi connectivity index (χ0n) is 19.9. The van der Waals surface area contributed by atoms with Crippen molar-refractivity contribution in [3.8, 4) is 16.2 Å². The summed E-state index contributed by atoms with van der Waals surface area (Å²) in [4.78, 5) is 27.1. The van der Waals surface area contributed by atoms with Gasteiger partial charge in [0.15, 0.2) is 9.84 Å². The van der Waals surface area contributed by atoms with Gasteiger partial charge >= 0.3 is 12.1 Å². The summed E-state index contributed by atoms with van der Waals surface area (Å²) in [7, 11) is -3.90. The van der Waals surface area contributed by atoms with E-state index in [1.54, 1.807) is 26.8 Å². The van der Waals surface area contributed by atoms with Crippen molar-refractivity contribution in [1.29, 1.82) is 0 Å². The molecule has 186 valence electrons. The average Bonchev–Trinajstić information content (AvgIpc) is 3.17. The molecule has 1 fully saturated rings. The number of thiophene rings is 1. The number of aliphatic carboxylic acids is 1. The van der Waals surface area contributed by atoms with Gasteiger partial charge in [0.1, 0.15) is 16.1 Å². The number of benzene rings is 1. The van der Waals surface area contributed by atoms with Crippen LogP contribution in [0.1, 0.15) is 45.4 Å². The Balaban J connectivity index is 1.96. The quantitative estimate of drug-likeness (QED) is 0.609. The Morgan fingerprint density at radius 2 is 1.79 bits per heavy atom. The summed E-state index contributed by atoms with van der Waals surface area (Å²) in [6, 6.07) is 11.0. The van der Waals surface area contributed by atoms with Gasteiger partial charge in [-0.15, -0.1) is 11.3 Å². The monoisotopic (exact) mass is 509 g/mol. The molecule has 34 heavy (non-hydrogen) atoms. The van der Waals surface area contributed by atoms with Crippen molar-refractivity contribution >= 4 is 33.2 Å². The Kier molecular flexibility index (Phi) is 7.62. The molecule has 1 saturated heterocycles. The third-order valence-electron chi connectivity index (χ3n) is 5.60. The standard InChI is InChI=1S/C24H31NO7S2/c1-5-31-18-8-6-17(7-9-18)19-10-11-20(33-19)24(16-21(26)27)12-13-25(14-15-34(24,29)30)22(28)32-23(2,3)4/h6-11H,5,12-16H2,1-4H3,(H,26,27). The van der Waals surface area contributed by atoms with Crippen LogP contribution < -0.4 is 4.74 Å². The molecule has 1 aliphatic heterocycles. The summed E-state index contributed by atoms with van der Waals surface area (Å²) < 4.78 is 36.3. The fraction of sp³-hybridized carbons (Fsp3) is 0.500. The third kappa shape index (κ3) is 5.72. The van der Waals surface area contributed by atoms with Crippen molar-refractivity contribution in [3.63, 3.8) is 0 Å². The Morgan fingerprint density at radius 1 is 1.12 bits per heavy atom. The van der Waals surface area contributed by atoms with E-state index in [1.165, 1.54) is 16.2 Å². The van der Waals surface area contributed by atoms with Crippen molar-refractivity contribution < 1.29 is 32.6 Å². The van der Waals surface area contributed by atoms with Crippen LogP contribution in [-0.2, 0) is 24.1 Å². The largest absolute Gasteiger partial charge is 0.494 e. The maximum Gasteiger partial charge on any atom is 0.410 e. The number of amides is 1. The van der Waals surface area contributed by atoms with Gasteiger partial charge in [-0.2, -0.15) is 0 Å². The van der Waals surface area contributed by atoms with Crippen molar-refractivity contribution in [3.05, 3.63) is 41.3 Å². The van der Waals surface area contributed by atoms with Crippen LogP contribution >= 0.6 is 11.3 Å². The minimum atomic E-state index is -3.90. The molecular formula is C24H31NO7S2. The number of nitrogens with zero attached hydrogens (tertiary/aromatic N) is 1. The topological polar surface area (TPSA) is 110 Å². The molecule has 3 rings (SSSR count). The van der Waals surface area contributed by atoms with Gasteiger partial charge in [0, 0.05) is 22.8 Å². The number of carboxylic acid groups (broad SMARTS) is 1. The second-order valence-corrected chi connectivity index (χ2v) is 12.7. The van der Waals surface area contributed by atoms with E-state index in [9.17, 15) is 23.1 Å². The van der Waals surface area contributed by atoms with Crippen LogP contribution in [0.5, 0.6) is 5.75 Å². The van der Waals surface area contributed by atoms with Crippen LogP contribution in [0.3, 0.4) is 0 Å². The van der Waals surface area contributed by atoms with E-state index in [-0.39, 0.29) is 25.3 Å². The molecule has 0 aliphatic carbocycles. The van der Waals surface area contributed by atoms with Gasteiger partial charge in [-0.3, -0.25) is 4.79 Å². The maximum atomic E-state index is 13.5. The lowest BCUT2D eigenvalue weighted by Gasteiger charge is -2.30. The predicted octanol–water partition coefficient (Wildman–Crippen LogP) is 4.54. The van der Waals surface area contributed by atoms with E-state index in [1.807, 2.05) is 37.3 Å². The summed E-state index contributed by atoms with van der Waals surface area (Å²) >= 11 is 1.27. The second kappa shape index (κ2) is 9.95. The maximum absolute atomic E-state index is 13.5. The summed E-state index contributed by atoms with van der Waals surface area (Å²) in [5.74, 6) is -0.806. The van der Waals surface area contributed by atoms with Gasteiger partial charge in [-0.25, -0.2) is 13.2 Å². The van der Waals surface area contributed by atoms with Crippen LogP contribution in [-0.4, -0.2) is 61.5 Å². The van der Waals surface area contributed by atoms with Crippen LogP contribution in [0.25, 0.3) is 10.4 Å². The summed E-state index contributed by atoms with van der Waals surface area (Å²) in [5.41, 5.74) is 0.160. The fourth-order valence-corrected chi connectivity index (χ4v) is 7.54. The van der Waals surface area contributed by atoms with Gasteiger partial charge in [0.25, 0.3) is 0 Å². The van der Waals surface area contributed by atoms with E-state index >= 15 is 0 Å². The minimum absolute atomic E-state index is 0.0237. The number of carboxylic acids is 1. The zero-order chi connectivity index (χ0) is 25.1. The molecule has 10 heteroatoms. The molecule has 1 aromatic heterocycles. The summed E-state index contributed by atoms with van der Waals surface area (Å²) in [6.07, 6.45) is -1.19. The number of rotatable bonds is 6. The molecule has 0 bridgehead atoms. The number of carbonyl (C=O) groups excluding carboxylic acids is 1. The van der Waals surface area contributed by atoms with Gasteiger partial charge < -0.3 is 19.5 Å². The van der Waals surface area contributed by atoms with E-state index in [4.69, 9.17) is 9.47 Å². The third-order valence-corrected chi connectivity index (χ3v) is 9.55. The highest BCUT2D eigenvalue weighted by atomic mass is 32.2. The molecule has 1 aliphatic rings. The first-order valence-corrected chi connectivity index (χ1v) is 13.6. The summed E-state index contributed by atoms with van der Waals surface area (Å²) in [6.45, 7) is 7.71. The molecule has 8 nitrogen and oxygen atoms in total. The van der Waals surface area contributed by atoms with Crippen LogP contribution in [0.4, 0.5) is 4.79 Å². The smallest absolute Gasteiger partial charge is 0.410 e. The molecule has 0 saturated carbocycles. The van der Waals surface area contributed by atoms with Gasteiger partial charge in [-0.05, 0) is 76.1 Å². The molecular weight excluding hydrogens is 478 g/mol. The van der Waals surface area contributed by atoms with E-state index < -0.39 is 38.7 Å². The minimum Gasteiger partial charge on any atom is -0.494 e. The second-order valence-electron chi connectivity index (χ2n) is 9.22. The molecule has 0 radical (unpaired) electrons. The molecule has 1 aromatic carbocycles. The SMILES string of the molecule is CCOc1ccc(-c2ccc(C3(CC(=O)O)CCN(C(=O)OC(C)(C)C)CCS3(=O)=O)s2)cc1. The number of carbonyl (C=O) groups is 2. The lowest BCUT2D eigenvalue weighted by atomic mass is 9.97. The molecule has 1 unspecified atom stereocenters. The first-order chi connectivity index (χ1) is 15.9. The van der Waals surface area contributed by atoms with Crippen molar-refractivity contribution in [2.45, 2.75) is 50.9 Å². The Hall–Kier alpha value is -2.59. The molecule has 2 aromatic rings. The van der Waals surface area contributed by atoms with Gasteiger partial charge in [0.2, 0.25) is 0 Å². The first-order valence-electron chi connectivity index (χ1n) is 11.1. The summed E-state index contributed by atoms with van der Waals surface area (Å²) in [5, 5.41) is 9.67. The van der Waals surface area contributed by atoms with Crippen molar-refractivity contribution in [2.24, 2.45) is 0 Å². The zero-order valence-corrected chi connectivity index (χ0v) is 21.5. The highest BCUT2D eigenvalue weighted by Gasteiger charge is 2.50. The average molecular weight is 510 g/mol. The van der Waals surface area contributed by atoms with Crippen molar-refractivity contribution in [1.82, 2.24) is 4.90 Å². The highest BCUT2D eigenvalue weighted by Crippen LogP contribution is 2.45. The Morgan fingerprint density at radius 3 is 2.38 bits per heavy atom. The number of hydrogen-bond acceptors (Lipinski definition) is 7. The van der Waals surface area contributed by atoms with Crippen LogP contribution in [0.2, 0.25) is 0 Å². The lowest BCUT2D eigenvalue weighted by Crippen LogP contribution is -2.39. The van der Waals surface area contributed by atoms with Crippen molar-refractivity contribution in [2.75, 3.05) is 25.4 Å². The molecule has 1 amide bonds. The highest BCUT2D eigenvalue weighted by molar-refractivity contribution is 7.92. The molecule has 2 heterocycles. The fourth-order valence-electron chi connectivity index (χ4n) is 3.94. The number of ether oxygens (including phenoxy) is 2. The number of sulfone groups is 1. The van der Waals surface area contributed by atoms with Gasteiger partial charge in [0.05, 0.1) is 18.8 Å².